The van der Waals surface area contributed by atoms with Gasteiger partial charge < -0.3 is 14.6 Å². The molecule has 1 aliphatic carbocycles. The highest BCUT2D eigenvalue weighted by Gasteiger charge is 2.39. The molecule has 1 saturated carbocycles. The van der Waals surface area contributed by atoms with E-state index in [1.54, 1.807) is 18.5 Å². The summed E-state index contributed by atoms with van der Waals surface area (Å²) in [5.41, 5.74) is 4.23. The minimum Gasteiger partial charge on any atom is -0.378 e. The molecule has 3 aromatic heterocycles. The van der Waals surface area contributed by atoms with E-state index in [4.69, 9.17) is 9.72 Å². The molecule has 0 unspecified atom stereocenters. The topological polar surface area (TPSA) is 106 Å². The van der Waals surface area contributed by atoms with Crippen LogP contribution in [-0.4, -0.2) is 44.2 Å². The number of imidazole rings is 1. The summed E-state index contributed by atoms with van der Waals surface area (Å²) in [6, 6.07) is 12.0. The minimum absolute atomic E-state index is 0.0342. The molecule has 176 valence electrons. The van der Waals surface area contributed by atoms with Crippen molar-refractivity contribution >= 4 is 27.8 Å². The van der Waals surface area contributed by atoms with Crippen LogP contribution in [0.2, 0.25) is 0 Å². The molecule has 4 heterocycles. The van der Waals surface area contributed by atoms with Gasteiger partial charge in [0.25, 0.3) is 0 Å². The Morgan fingerprint density at radius 2 is 2.17 bits per heavy atom. The van der Waals surface area contributed by atoms with Crippen LogP contribution in [0.3, 0.4) is 0 Å². The zero-order chi connectivity index (χ0) is 23.9. The number of hydrogen-bond donors (Lipinski definition) is 1. The second kappa shape index (κ2) is 8.75. The molecule has 35 heavy (non-hydrogen) atoms. The zero-order valence-electron chi connectivity index (χ0n) is 19.5. The molecule has 1 N–H and O–H groups in total. The maximum absolute atomic E-state index is 13.1. The van der Waals surface area contributed by atoms with Crippen LogP contribution in [0.5, 0.6) is 0 Å². The molecule has 8 nitrogen and oxygen atoms in total. The molecule has 2 fully saturated rings. The van der Waals surface area contributed by atoms with Gasteiger partial charge in [0, 0.05) is 42.4 Å². The van der Waals surface area contributed by atoms with Gasteiger partial charge in [0.05, 0.1) is 41.4 Å². The predicted octanol–water partition coefficient (Wildman–Crippen LogP) is 3.81. The number of fused-ring (bicyclic) bond motifs is 3. The Morgan fingerprint density at radius 3 is 2.97 bits per heavy atom. The number of pyridine rings is 2. The number of nitrogens with one attached hydrogen (secondary N) is 1. The van der Waals surface area contributed by atoms with Gasteiger partial charge in [-0.25, -0.2) is 4.98 Å². The van der Waals surface area contributed by atoms with Gasteiger partial charge in [0.1, 0.15) is 11.3 Å². The van der Waals surface area contributed by atoms with Gasteiger partial charge in [0.15, 0.2) is 0 Å². The highest BCUT2D eigenvalue weighted by atomic mass is 16.5. The van der Waals surface area contributed by atoms with Gasteiger partial charge in [-0.2, -0.15) is 5.26 Å². The van der Waals surface area contributed by atoms with Crippen LogP contribution >= 0.6 is 0 Å². The molecule has 1 aliphatic heterocycles. The Bertz CT molecular complexity index is 1460. The smallest absolute Gasteiger partial charge is 0.227 e. The maximum atomic E-state index is 13.1. The van der Waals surface area contributed by atoms with Crippen LogP contribution in [0.4, 0.5) is 0 Å². The molecule has 4 aromatic rings. The SMILES string of the molecule is C[C@@H]1C[C@H](n2c(CC(=O)N[C@H]3C[C@@H]3c3cccnc3)nc3cnc4ccc(C#N)cc4c32)CCO1. The summed E-state index contributed by atoms with van der Waals surface area (Å²) < 4.78 is 8.02. The average molecular weight is 467 g/mol. The van der Waals surface area contributed by atoms with Crippen molar-refractivity contribution < 1.29 is 9.53 Å². The lowest BCUT2D eigenvalue weighted by atomic mass is 10.0. The number of hydrogen-bond acceptors (Lipinski definition) is 6. The van der Waals surface area contributed by atoms with Crippen LogP contribution < -0.4 is 5.32 Å². The number of carbonyl (C=O) groups is 1. The number of rotatable bonds is 5. The van der Waals surface area contributed by atoms with E-state index in [1.807, 2.05) is 24.4 Å². The molecule has 0 spiro atoms. The largest absolute Gasteiger partial charge is 0.378 e. The summed E-state index contributed by atoms with van der Waals surface area (Å²) in [6.07, 6.45) is 8.33. The maximum Gasteiger partial charge on any atom is 0.227 e. The Labute approximate surface area is 203 Å². The molecular formula is C27H26N6O2. The van der Waals surface area contributed by atoms with Crippen molar-refractivity contribution in [1.29, 1.82) is 5.26 Å². The van der Waals surface area contributed by atoms with Crippen molar-refractivity contribution in [2.75, 3.05) is 6.61 Å². The van der Waals surface area contributed by atoms with Crippen molar-refractivity contribution in [3.05, 3.63) is 65.9 Å². The normalized spacial score (nSPS) is 23.8. The first-order valence-corrected chi connectivity index (χ1v) is 12.1. The monoisotopic (exact) mass is 466 g/mol. The van der Waals surface area contributed by atoms with Crippen LogP contribution in [0.25, 0.3) is 21.9 Å². The molecule has 1 saturated heterocycles. The molecule has 4 atom stereocenters. The third-order valence-corrected chi connectivity index (χ3v) is 7.11. The summed E-state index contributed by atoms with van der Waals surface area (Å²) in [7, 11) is 0. The van der Waals surface area contributed by atoms with Gasteiger partial charge in [0.2, 0.25) is 5.91 Å². The van der Waals surface area contributed by atoms with Crippen LogP contribution in [0.1, 0.15) is 55.1 Å². The van der Waals surface area contributed by atoms with Gasteiger partial charge in [-0.3, -0.25) is 14.8 Å². The lowest BCUT2D eigenvalue weighted by molar-refractivity contribution is -0.120. The standard InChI is InChI=1S/C27H26N6O2/c1-16-9-19(6-8-35-16)33-25(12-26(34)32-23-11-20(23)18-3-2-7-29-14-18)31-24-15-30-22-5-4-17(13-28)10-21(22)27(24)33/h2-5,7,10,14-16,19-20,23H,6,8-9,11-12H2,1H3,(H,32,34)/t16-,19-,20-,23+/m1/s1. The predicted molar refractivity (Wildman–Crippen MR) is 131 cm³/mol. The Kier molecular flexibility index (Phi) is 5.42. The summed E-state index contributed by atoms with van der Waals surface area (Å²) in [6.45, 7) is 2.75. The number of aromatic nitrogens is 4. The van der Waals surface area contributed by atoms with Crippen molar-refractivity contribution in [3.8, 4) is 6.07 Å². The second-order valence-corrected chi connectivity index (χ2v) is 9.57. The van der Waals surface area contributed by atoms with Gasteiger partial charge in [-0.1, -0.05) is 6.07 Å². The lowest BCUT2D eigenvalue weighted by Crippen LogP contribution is -2.31. The van der Waals surface area contributed by atoms with E-state index in [0.29, 0.717) is 18.1 Å². The van der Waals surface area contributed by atoms with Crippen LogP contribution in [-0.2, 0) is 16.0 Å². The number of benzene rings is 1. The van der Waals surface area contributed by atoms with Crippen molar-refractivity contribution in [3.63, 3.8) is 0 Å². The fraction of sp³-hybridized carbons (Fsp3) is 0.370. The number of amides is 1. The van der Waals surface area contributed by atoms with E-state index in [0.717, 1.165) is 52.6 Å². The van der Waals surface area contributed by atoms with E-state index >= 15 is 0 Å². The van der Waals surface area contributed by atoms with E-state index in [2.05, 4.69) is 38.9 Å². The lowest BCUT2D eigenvalue weighted by Gasteiger charge is -2.30. The highest BCUT2D eigenvalue weighted by molar-refractivity contribution is 6.03. The third-order valence-electron chi connectivity index (χ3n) is 7.11. The molecule has 0 radical (unpaired) electrons. The summed E-state index contributed by atoms with van der Waals surface area (Å²) in [5, 5.41) is 13.5. The molecular weight excluding hydrogens is 440 g/mol. The van der Waals surface area contributed by atoms with Gasteiger partial charge in [-0.05, 0) is 56.0 Å². The Hall–Kier alpha value is -3.83. The van der Waals surface area contributed by atoms with E-state index < -0.39 is 0 Å². The Balaban J connectivity index is 1.35. The van der Waals surface area contributed by atoms with Crippen molar-refractivity contribution in [2.45, 2.75) is 56.7 Å². The third kappa shape index (κ3) is 4.13. The summed E-state index contributed by atoms with van der Waals surface area (Å²) in [4.78, 5) is 26.7. The quantitative estimate of drug-likeness (QED) is 0.480. The summed E-state index contributed by atoms with van der Waals surface area (Å²) in [5.74, 6) is 1.01. The first-order valence-electron chi connectivity index (χ1n) is 12.1. The molecule has 2 aliphatic rings. The number of ether oxygens (including phenoxy) is 1. The number of nitriles is 1. The van der Waals surface area contributed by atoms with Crippen molar-refractivity contribution in [1.82, 2.24) is 24.8 Å². The van der Waals surface area contributed by atoms with Gasteiger partial charge in [-0.15, -0.1) is 0 Å². The highest BCUT2D eigenvalue weighted by Crippen LogP contribution is 2.40. The van der Waals surface area contributed by atoms with Crippen LogP contribution in [0, 0.1) is 11.3 Å². The molecule has 8 heteroatoms. The number of carbonyl (C=O) groups excluding carboxylic acids is 1. The first kappa shape index (κ1) is 21.7. The van der Waals surface area contributed by atoms with Gasteiger partial charge >= 0.3 is 0 Å². The van der Waals surface area contributed by atoms with Crippen molar-refractivity contribution in [2.24, 2.45) is 0 Å². The molecule has 6 rings (SSSR count). The minimum atomic E-state index is -0.0342. The number of nitrogens with zero attached hydrogens (tertiary/aromatic N) is 5. The molecule has 0 bridgehead atoms. The van der Waals surface area contributed by atoms with E-state index in [1.165, 1.54) is 0 Å². The molecule has 1 aromatic carbocycles. The van der Waals surface area contributed by atoms with E-state index in [9.17, 15) is 10.1 Å². The average Bonchev–Trinajstić information content (AvgIpc) is 3.54. The Morgan fingerprint density at radius 1 is 1.26 bits per heavy atom. The molecule has 1 amide bonds. The fourth-order valence-corrected chi connectivity index (χ4v) is 5.34. The first-order chi connectivity index (χ1) is 17.1. The van der Waals surface area contributed by atoms with E-state index in [-0.39, 0.29) is 30.5 Å². The summed E-state index contributed by atoms with van der Waals surface area (Å²) >= 11 is 0. The zero-order valence-corrected chi connectivity index (χ0v) is 19.5. The second-order valence-electron chi connectivity index (χ2n) is 9.57. The van der Waals surface area contributed by atoms with Crippen LogP contribution in [0.15, 0.2) is 48.9 Å². The fourth-order valence-electron chi connectivity index (χ4n) is 5.34.